The van der Waals surface area contributed by atoms with Crippen LogP contribution in [0.4, 0.5) is 0 Å². The second-order valence-corrected chi connectivity index (χ2v) is 3.62. The molecule has 0 aromatic rings. The molecule has 0 heteroatoms. The van der Waals surface area contributed by atoms with E-state index in [-0.39, 0.29) is 0 Å². The van der Waals surface area contributed by atoms with Gasteiger partial charge in [0.15, 0.2) is 0 Å². The van der Waals surface area contributed by atoms with Crippen LogP contribution in [0.3, 0.4) is 0 Å². The number of hydrogen-bond acceptors (Lipinski definition) is 0. The molecule has 0 aromatic heterocycles. The van der Waals surface area contributed by atoms with E-state index >= 15 is 0 Å². The number of allylic oxidation sites excluding steroid dienone is 5. The molecular formula is C11H16. The molecule has 0 saturated carbocycles. The lowest BCUT2D eigenvalue weighted by atomic mass is 9.94. The number of hydrogen-bond donors (Lipinski definition) is 0. The van der Waals surface area contributed by atoms with Gasteiger partial charge < -0.3 is 0 Å². The molecular weight excluding hydrogens is 132 g/mol. The Balaban J connectivity index is 2.52. The molecule has 0 fully saturated rings. The van der Waals surface area contributed by atoms with Gasteiger partial charge in [-0.05, 0) is 18.8 Å². The van der Waals surface area contributed by atoms with Crippen LogP contribution in [0, 0.1) is 5.92 Å². The molecule has 60 valence electrons. The zero-order chi connectivity index (χ0) is 8.27. The molecule has 0 saturated heterocycles. The molecule has 1 rings (SSSR count). The summed E-state index contributed by atoms with van der Waals surface area (Å²) in [6, 6.07) is 0. The van der Waals surface area contributed by atoms with Crippen molar-refractivity contribution in [2.75, 3.05) is 0 Å². The molecule has 1 aliphatic rings. The van der Waals surface area contributed by atoms with Crippen LogP contribution in [0.2, 0.25) is 0 Å². The predicted molar refractivity (Wildman–Crippen MR) is 50.4 cm³/mol. The second-order valence-electron chi connectivity index (χ2n) is 3.62. The monoisotopic (exact) mass is 148 g/mol. The van der Waals surface area contributed by atoms with E-state index in [0.29, 0.717) is 0 Å². The lowest BCUT2D eigenvalue weighted by molar-refractivity contribution is 0.633. The molecule has 0 radical (unpaired) electrons. The minimum atomic E-state index is 0.764. The van der Waals surface area contributed by atoms with E-state index in [1.807, 2.05) is 0 Å². The maximum absolute atomic E-state index is 3.94. The van der Waals surface area contributed by atoms with Gasteiger partial charge in [0.1, 0.15) is 0 Å². The van der Waals surface area contributed by atoms with Gasteiger partial charge in [-0.25, -0.2) is 0 Å². The Hall–Kier alpha value is -0.780. The summed E-state index contributed by atoms with van der Waals surface area (Å²) >= 11 is 0. The molecule has 0 bridgehead atoms. The molecule has 0 amide bonds. The van der Waals surface area contributed by atoms with Crippen LogP contribution in [0.25, 0.3) is 0 Å². The number of rotatable bonds is 2. The van der Waals surface area contributed by atoms with Crippen LogP contribution in [0.5, 0.6) is 0 Å². The summed E-state index contributed by atoms with van der Waals surface area (Å²) in [4.78, 5) is 0. The van der Waals surface area contributed by atoms with Crippen molar-refractivity contribution in [3.05, 3.63) is 36.0 Å². The molecule has 0 nitrogen and oxygen atoms in total. The van der Waals surface area contributed by atoms with Crippen LogP contribution >= 0.6 is 0 Å². The summed E-state index contributed by atoms with van der Waals surface area (Å²) in [5.41, 5.74) is 2.76. The van der Waals surface area contributed by atoms with Crippen LogP contribution in [0.1, 0.15) is 26.7 Å². The minimum Gasteiger partial charge on any atom is -0.0955 e. The Kier molecular flexibility index (Phi) is 2.70. The fourth-order valence-corrected chi connectivity index (χ4v) is 1.39. The summed E-state index contributed by atoms with van der Waals surface area (Å²) in [7, 11) is 0. The molecule has 0 atom stereocenters. The Bertz CT molecular complexity index is 204. The minimum absolute atomic E-state index is 0.764. The van der Waals surface area contributed by atoms with Gasteiger partial charge in [0.2, 0.25) is 0 Å². The van der Waals surface area contributed by atoms with E-state index in [1.54, 1.807) is 0 Å². The van der Waals surface area contributed by atoms with Gasteiger partial charge in [0.05, 0.1) is 0 Å². The zero-order valence-corrected chi connectivity index (χ0v) is 7.43. The van der Waals surface area contributed by atoms with E-state index in [4.69, 9.17) is 0 Å². The van der Waals surface area contributed by atoms with E-state index < -0.39 is 0 Å². The van der Waals surface area contributed by atoms with Gasteiger partial charge in [0.25, 0.3) is 0 Å². The predicted octanol–water partition coefficient (Wildman–Crippen LogP) is 3.48. The molecule has 0 aliphatic heterocycles. The summed E-state index contributed by atoms with van der Waals surface area (Å²) < 4.78 is 0. The maximum Gasteiger partial charge on any atom is -0.00698 e. The molecule has 11 heavy (non-hydrogen) atoms. The fourth-order valence-electron chi connectivity index (χ4n) is 1.39. The molecule has 1 aliphatic carbocycles. The topological polar surface area (TPSA) is 0 Å². The van der Waals surface area contributed by atoms with Crippen molar-refractivity contribution in [2.45, 2.75) is 26.7 Å². The van der Waals surface area contributed by atoms with Crippen molar-refractivity contribution in [2.24, 2.45) is 5.92 Å². The van der Waals surface area contributed by atoms with Gasteiger partial charge in [0, 0.05) is 0 Å². The highest BCUT2D eigenvalue weighted by atomic mass is 14.1. The first-order valence-corrected chi connectivity index (χ1v) is 4.22. The molecule has 0 aromatic carbocycles. The zero-order valence-electron chi connectivity index (χ0n) is 7.43. The highest BCUT2D eigenvalue weighted by molar-refractivity contribution is 5.32. The Morgan fingerprint density at radius 2 is 2.27 bits per heavy atom. The van der Waals surface area contributed by atoms with E-state index in [9.17, 15) is 0 Å². The third-order valence-corrected chi connectivity index (χ3v) is 1.79. The smallest absolute Gasteiger partial charge is 0.00698 e. The maximum atomic E-state index is 3.94. The standard InChI is InChI=1S/C11H16/c1-9(2)7-11-6-4-5-10(3)8-11/h4-6,9H,3,7-8H2,1-2H3. The molecule has 0 unspecified atom stereocenters. The van der Waals surface area contributed by atoms with E-state index in [0.717, 1.165) is 12.3 Å². The first-order valence-electron chi connectivity index (χ1n) is 4.22. The molecule has 0 spiro atoms. The highest BCUT2D eigenvalue weighted by Gasteiger charge is 2.03. The first-order chi connectivity index (χ1) is 5.18. The quantitative estimate of drug-likeness (QED) is 0.562. The van der Waals surface area contributed by atoms with Crippen molar-refractivity contribution in [3.8, 4) is 0 Å². The summed E-state index contributed by atoms with van der Waals surface area (Å²) in [6.07, 6.45) is 8.69. The summed E-state index contributed by atoms with van der Waals surface area (Å²) in [5, 5.41) is 0. The van der Waals surface area contributed by atoms with Gasteiger partial charge in [-0.1, -0.05) is 49.8 Å². The van der Waals surface area contributed by atoms with Crippen LogP contribution in [0.15, 0.2) is 36.0 Å². The lowest BCUT2D eigenvalue weighted by Gasteiger charge is -2.12. The SMILES string of the molecule is C=C1C=CC=C(CC(C)C)C1. The summed E-state index contributed by atoms with van der Waals surface area (Å²) in [6.45, 7) is 8.45. The van der Waals surface area contributed by atoms with Gasteiger partial charge in [-0.15, -0.1) is 0 Å². The molecule has 0 heterocycles. The van der Waals surface area contributed by atoms with Crippen molar-refractivity contribution in [1.29, 1.82) is 0 Å². The first kappa shape index (κ1) is 8.32. The third kappa shape index (κ3) is 2.75. The van der Waals surface area contributed by atoms with Gasteiger partial charge in [-0.3, -0.25) is 0 Å². The van der Waals surface area contributed by atoms with Crippen molar-refractivity contribution in [3.63, 3.8) is 0 Å². The molecule has 0 N–H and O–H groups in total. The highest BCUT2D eigenvalue weighted by Crippen LogP contribution is 2.21. The average Bonchev–Trinajstić information content (AvgIpc) is 1.85. The van der Waals surface area contributed by atoms with E-state index in [2.05, 4.69) is 38.7 Å². The van der Waals surface area contributed by atoms with Crippen molar-refractivity contribution in [1.82, 2.24) is 0 Å². The van der Waals surface area contributed by atoms with Crippen molar-refractivity contribution >= 4 is 0 Å². The van der Waals surface area contributed by atoms with Crippen LogP contribution in [-0.2, 0) is 0 Å². The van der Waals surface area contributed by atoms with Gasteiger partial charge >= 0.3 is 0 Å². The summed E-state index contributed by atoms with van der Waals surface area (Å²) in [5.74, 6) is 0.764. The lowest BCUT2D eigenvalue weighted by Crippen LogP contribution is -1.95. The van der Waals surface area contributed by atoms with E-state index in [1.165, 1.54) is 17.6 Å². The van der Waals surface area contributed by atoms with Crippen LogP contribution in [-0.4, -0.2) is 0 Å². The Labute approximate surface area is 69.3 Å². The largest absolute Gasteiger partial charge is 0.0955 e. The van der Waals surface area contributed by atoms with Gasteiger partial charge in [-0.2, -0.15) is 0 Å². The fraction of sp³-hybridized carbons (Fsp3) is 0.455. The normalized spacial score (nSPS) is 17.4. The second kappa shape index (κ2) is 3.56. The van der Waals surface area contributed by atoms with Crippen LogP contribution < -0.4 is 0 Å². The Morgan fingerprint density at radius 3 is 2.82 bits per heavy atom. The third-order valence-electron chi connectivity index (χ3n) is 1.79. The Morgan fingerprint density at radius 1 is 1.55 bits per heavy atom. The van der Waals surface area contributed by atoms with Crippen molar-refractivity contribution < 1.29 is 0 Å². The average molecular weight is 148 g/mol.